The van der Waals surface area contributed by atoms with Crippen molar-refractivity contribution in [2.45, 2.75) is 0 Å². The van der Waals surface area contributed by atoms with Crippen molar-refractivity contribution in [3.05, 3.63) is 261 Å². The highest BCUT2D eigenvalue weighted by molar-refractivity contribution is 7.20. The maximum atomic E-state index is 7.01. The van der Waals surface area contributed by atoms with Gasteiger partial charge in [0.25, 0.3) is 0 Å². The van der Waals surface area contributed by atoms with Crippen LogP contribution in [0.25, 0.3) is 104 Å². The standard InChI is InChI=1S/C66H43N3OSi/c1-4-19-46(20-5-1)71(47-21-6-2-7-22-47,48-23-8-3-9-24-48)49-37-39-63-56(43-49)53-28-13-17-33-61(53)69(63)64-34-18-29-54-57-42-45(36-40-65(57)70-66(54)64)68-60-32-16-12-27-52(60)55-41-44(35-38-62(55)68)67-58-30-14-10-25-50(58)51-26-11-15-31-59(51)67/h1-43H. The number of benzene rings is 11. The molecule has 4 heterocycles. The molecule has 71 heavy (non-hydrogen) atoms. The summed E-state index contributed by atoms with van der Waals surface area (Å²) in [4.78, 5) is 0. The molecule has 15 rings (SSSR count). The summed E-state index contributed by atoms with van der Waals surface area (Å²) in [5, 5.41) is 15.0. The molecular formula is C66H43N3OSi. The van der Waals surface area contributed by atoms with E-state index in [0.29, 0.717) is 0 Å². The maximum absolute atomic E-state index is 7.01. The first kappa shape index (κ1) is 39.8. The number of para-hydroxylation sites is 5. The lowest BCUT2D eigenvalue weighted by atomic mass is 10.1. The summed E-state index contributed by atoms with van der Waals surface area (Å²) in [5.74, 6) is 0. The second-order valence-corrected chi connectivity index (χ2v) is 22.6. The minimum Gasteiger partial charge on any atom is -0.454 e. The van der Waals surface area contributed by atoms with Crippen molar-refractivity contribution in [2.24, 2.45) is 0 Å². The first-order chi connectivity index (χ1) is 35.2. The predicted molar refractivity (Wildman–Crippen MR) is 300 cm³/mol. The van der Waals surface area contributed by atoms with Crippen LogP contribution in [0, 0.1) is 0 Å². The lowest BCUT2D eigenvalue weighted by Gasteiger charge is -2.34. The fourth-order valence-electron chi connectivity index (χ4n) is 12.2. The van der Waals surface area contributed by atoms with Crippen molar-refractivity contribution in [3.8, 4) is 17.1 Å². The highest BCUT2D eigenvalue weighted by atomic mass is 28.3. The molecule has 0 atom stereocenters. The van der Waals surface area contributed by atoms with Gasteiger partial charge >= 0.3 is 0 Å². The molecule has 0 fully saturated rings. The van der Waals surface area contributed by atoms with Crippen molar-refractivity contribution in [1.29, 1.82) is 0 Å². The summed E-state index contributed by atoms with van der Waals surface area (Å²) in [7, 11) is -2.77. The zero-order valence-electron chi connectivity index (χ0n) is 38.6. The molecule has 0 saturated heterocycles. The van der Waals surface area contributed by atoms with Crippen LogP contribution in [0.5, 0.6) is 0 Å². The van der Waals surface area contributed by atoms with E-state index < -0.39 is 8.07 Å². The molecule has 0 N–H and O–H groups in total. The van der Waals surface area contributed by atoms with Crippen LogP contribution in [0.15, 0.2) is 265 Å². The quantitative estimate of drug-likeness (QED) is 0.116. The summed E-state index contributed by atoms with van der Waals surface area (Å²) in [6.45, 7) is 0. The highest BCUT2D eigenvalue weighted by Gasteiger charge is 2.41. The molecule has 15 aromatic rings. The predicted octanol–water partition coefficient (Wildman–Crippen LogP) is 14.3. The second-order valence-electron chi connectivity index (χ2n) is 18.8. The Bertz CT molecular complexity index is 4430. The summed E-state index contributed by atoms with van der Waals surface area (Å²) < 4.78 is 14.2. The number of furan rings is 1. The molecule has 0 amide bonds. The monoisotopic (exact) mass is 921 g/mol. The highest BCUT2D eigenvalue weighted by Crippen LogP contribution is 2.41. The lowest BCUT2D eigenvalue weighted by Crippen LogP contribution is -2.74. The van der Waals surface area contributed by atoms with E-state index >= 15 is 0 Å². The Morgan fingerprint density at radius 1 is 0.254 bits per heavy atom. The van der Waals surface area contributed by atoms with Crippen LogP contribution < -0.4 is 20.7 Å². The van der Waals surface area contributed by atoms with Crippen LogP contribution in [-0.4, -0.2) is 21.8 Å². The fourth-order valence-corrected chi connectivity index (χ4v) is 17.0. The molecule has 0 aliphatic rings. The van der Waals surface area contributed by atoms with Gasteiger partial charge in [0, 0.05) is 54.5 Å². The van der Waals surface area contributed by atoms with Crippen molar-refractivity contribution in [2.75, 3.05) is 0 Å². The number of nitrogens with zero attached hydrogens (tertiary/aromatic N) is 3. The Kier molecular flexibility index (Phi) is 8.64. The molecule has 4 nitrogen and oxygen atoms in total. The van der Waals surface area contributed by atoms with Gasteiger partial charge in [-0.25, -0.2) is 0 Å². The average Bonchev–Trinajstić information content (AvgIpc) is 4.18. The number of aromatic nitrogens is 3. The van der Waals surface area contributed by atoms with Gasteiger partial charge in [0.15, 0.2) is 13.7 Å². The van der Waals surface area contributed by atoms with E-state index in [9.17, 15) is 0 Å². The molecule has 4 aromatic heterocycles. The molecule has 5 heteroatoms. The van der Waals surface area contributed by atoms with Crippen LogP contribution >= 0.6 is 0 Å². The van der Waals surface area contributed by atoms with Gasteiger partial charge in [-0.1, -0.05) is 188 Å². The summed E-state index contributed by atoms with van der Waals surface area (Å²) in [5.41, 5.74) is 12.0. The molecule has 11 aromatic carbocycles. The van der Waals surface area contributed by atoms with E-state index in [1.807, 2.05) is 0 Å². The summed E-state index contributed by atoms with van der Waals surface area (Å²) in [6.07, 6.45) is 0. The minimum absolute atomic E-state index is 0.859. The third-order valence-corrected chi connectivity index (χ3v) is 20.0. The summed E-state index contributed by atoms with van der Waals surface area (Å²) >= 11 is 0. The third kappa shape index (κ3) is 5.72. The van der Waals surface area contributed by atoms with Crippen molar-refractivity contribution in [3.63, 3.8) is 0 Å². The molecule has 332 valence electrons. The molecule has 0 saturated carbocycles. The SMILES string of the molecule is c1ccc([Si](c2ccccc2)(c2ccccc2)c2ccc3c(c2)c2ccccc2n3-c2cccc3c2oc2ccc(-n4c5ccccc5c5cc(-n6c7ccccc7c7ccccc76)ccc54)cc23)cc1. The normalized spacial score (nSPS) is 12.2. The van der Waals surface area contributed by atoms with E-state index in [4.69, 9.17) is 4.42 Å². The lowest BCUT2D eigenvalue weighted by molar-refractivity contribution is 0.666. The van der Waals surface area contributed by atoms with E-state index in [0.717, 1.165) is 55.6 Å². The van der Waals surface area contributed by atoms with Gasteiger partial charge in [-0.15, -0.1) is 0 Å². The first-order valence-electron chi connectivity index (χ1n) is 24.4. The molecule has 0 aliphatic heterocycles. The molecule has 0 bridgehead atoms. The van der Waals surface area contributed by atoms with Crippen LogP contribution in [0.3, 0.4) is 0 Å². The van der Waals surface area contributed by atoms with E-state index in [2.05, 4.69) is 275 Å². The van der Waals surface area contributed by atoms with Gasteiger partial charge in [0.2, 0.25) is 0 Å². The number of fused-ring (bicyclic) bond motifs is 12. The van der Waals surface area contributed by atoms with Gasteiger partial charge in [0.1, 0.15) is 5.58 Å². The minimum atomic E-state index is -2.77. The van der Waals surface area contributed by atoms with E-state index in [1.165, 1.54) is 69.6 Å². The number of hydrogen-bond donors (Lipinski definition) is 0. The Hall–Kier alpha value is -9.16. The van der Waals surface area contributed by atoms with Crippen LogP contribution in [0.4, 0.5) is 0 Å². The smallest absolute Gasteiger partial charge is 0.179 e. The van der Waals surface area contributed by atoms with Crippen LogP contribution in [0.1, 0.15) is 0 Å². The average molecular weight is 922 g/mol. The third-order valence-electron chi connectivity index (χ3n) is 15.2. The topological polar surface area (TPSA) is 27.9 Å². The zero-order chi connectivity index (χ0) is 46.6. The first-order valence-corrected chi connectivity index (χ1v) is 26.4. The fraction of sp³-hybridized carbons (Fsp3) is 0. The Morgan fingerprint density at radius 2 is 0.648 bits per heavy atom. The molecular weight excluding hydrogens is 879 g/mol. The molecule has 0 radical (unpaired) electrons. The van der Waals surface area contributed by atoms with Gasteiger partial charge in [-0.3, -0.25) is 0 Å². The van der Waals surface area contributed by atoms with Crippen LogP contribution in [-0.2, 0) is 0 Å². The van der Waals surface area contributed by atoms with Crippen molar-refractivity contribution >= 4 is 116 Å². The zero-order valence-corrected chi connectivity index (χ0v) is 39.6. The van der Waals surface area contributed by atoms with E-state index in [1.54, 1.807) is 0 Å². The Morgan fingerprint density at radius 3 is 1.20 bits per heavy atom. The maximum Gasteiger partial charge on any atom is 0.179 e. The van der Waals surface area contributed by atoms with E-state index in [-0.39, 0.29) is 0 Å². The number of rotatable bonds is 7. The largest absolute Gasteiger partial charge is 0.454 e. The second kappa shape index (κ2) is 15.4. The van der Waals surface area contributed by atoms with Crippen LogP contribution in [0.2, 0.25) is 0 Å². The van der Waals surface area contributed by atoms with Gasteiger partial charge in [-0.2, -0.15) is 0 Å². The van der Waals surface area contributed by atoms with Gasteiger partial charge in [-0.05, 0) is 93.5 Å². The number of hydrogen-bond acceptors (Lipinski definition) is 1. The van der Waals surface area contributed by atoms with Gasteiger partial charge < -0.3 is 18.1 Å². The Balaban J connectivity index is 0.909. The summed E-state index contributed by atoms with van der Waals surface area (Å²) in [6, 6.07) is 96.1. The molecule has 0 aliphatic carbocycles. The molecule has 0 spiro atoms. The van der Waals surface area contributed by atoms with Crippen molar-refractivity contribution < 1.29 is 4.42 Å². The Labute approximate surface area is 410 Å². The van der Waals surface area contributed by atoms with Gasteiger partial charge in [0.05, 0.1) is 38.8 Å². The molecule has 0 unspecified atom stereocenters. The van der Waals surface area contributed by atoms with Crippen molar-refractivity contribution in [1.82, 2.24) is 13.7 Å².